The van der Waals surface area contributed by atoms with Crippen molar-refractivity contribution in [3.63, 3.8) is 0 Å². The molecule has 0 saturated heterocycles. The molecule has 5 nitrogen and oxygen atoms in total. The second kappa shape index (κ2) is 6.07. The van der Waals surface area contributed by atoms with Crippen LogP contribution in [0.15, 0.2) is 46.9 Å². The van der Waals surface area contributed by atoms with Crippen molar-refractivity contribution < 1.29 is 13.9 Å². The lowest BCUT2D eigenvalue weighted by atomic mass is 10.1. The maximum atomic E-state index is 6.15. The van der Waals surface area contributed by atoms with E-state index in [2.05, 4.69) is 10.2 Å². The molecule has 0 bridgehead atoms. The molecule has 0 aliphatic heterocycles. The Morgan fingerprint density at radius 2 is 1.50 bits per heavy atom. The van der Waals surface area contributed by atoms with Gasteiger partial charge in [0.05, 0.1) is 24.8 Å². The average Bonchev–Trinajstić information content (AvgIpc) is 3.03. The van der Waals surface area contributed by atoms with E-state index < -0.39 is 0 Å². The van der Waals surface area contributed by atoms with Gasteiger partial charge < -0.3 is 13.9 Å². The zero-order chi connectivity index (χ0) is 15.5. The van der Waals surface area contributed by atoms with E-state index >= 15 is 0 Å². The van der Waals surface area contributed by atoms with E-state index in [1.54, 1.807) is 32.4 Å². The van der Waals surface area contributed by atoms with E-state index in [1.807, 2.05) is 24.3 Å². The SMILES string of the molecule is COc1cccc(OC)c1-c1nnc(-c2ccccc2Cl)o1. The molecule has 112 valence electrons. The van der Waals surface area contributed by atoms with Gasteiger partial charge in [-0.3, -0.25) is 0 Å². The van der Waals surface area contributed by atoms with Crippen molar-refractivity contribution in [2.45, 2.75) is 0 Å². The first-order valence-corrected chi connectivity index (χ1v) is 6.92. The molecule has 0 saturated carbocycles. The minimum atomic E-state index is 0.309. The average molecular weight is 317 g/mol. The molecule has 0 atom stereocenters. The number of halogens is 1. The lowest BCUT2D eigenvalue weighted by molar-refractivity contribution is 0.394. The number of hydrogen-bond donors (Lipinski definition) is 0. The van der Waals surface area contributed by atoms with E-state index in [-0.39, 0.29) is 0 Å². The summed E-state index contributed by atoms with van der Waals surface area (Å²) in [6.07, 6.45) is 0. The summed E-state index contributed by atoms with van der Waals surface area (Å²) in [7, 11) is 3.15. The number of benzene rings is 2. The molecular formula is C16H13ClN2O3. The van der Waals surface area contributed by atoms with Crippen LogP contribution in [0.3, 0.4) is 0 Å². The maximum absolute atomic E-state index is 6.15. The molecule has 0 N–H and O–H groups in total. The van der Waals surface area contributed by atoms with Crippen molar-refractivity contribution in [1.29, 1.82) is 0 Å². The minimum absolute atomic E-state index is 0.309. The molecule has 0 aliphatic rings. The molecule has 0 spiro atoms. The molecule has 3 aromatic rings. The van der Waals surface area contributed by atoms with Crippen LogP contribution in [0.5, 0.6) is 11.5 Å². The van der Waals surface area contributed by atoms with Gasteiger partial charge in [0, 0.05) is 0 Å². The van der Waals surface area contributed by atoms with Crippen LogP contribution < -0.4 is 9.47 Å². The van der Waals surface area contributed by atoms with E-state index in [0.717, 1.165) is 0 Å². The quantitative estimate of drug-likeness (QED) is 0.726. The first-order valence-electron chi connectivity index (χ1n) is 6.54. The Morgan fingerprint density at radius 1 is 0.864 bits per heavy atom. The third-order valence-corrected chi connectivity index (χ3v) is 3.50. The molecule has 2 aromatic carbocycles. The highest BCUT2D eigenvalue weighted by molar-refractivity contribution is 6.33. The lowest BCUT2D eigenvalue weighted by Crippen LogP contribution is -1.92. The Hall–Kier alpha value is -2.53. The van der Waals surface area contributed by atoms with Crippen molar-refractivity contribution >= 4 is 11.6 Å². The van der Waals surface area contributed by atoms with Crippen LogP contribution in [0.1, 0.15) is 0 Å². The summed E-state index contributed by atoms with van der Waals surface area (Å²) < 4.78 is 16.4. The molecule has 0 unspecified atom stereocenters. The Labute approximate surface area is 132 Å². The van der Waals surface area contributed by atoms with Crippen molar-refractivity contribution in [1.82, 2.24) is 10.2 Å². The van der Waals surface area contributed by atoms with E-state index in [0.29, 0.717) is 39.4 Å². The first kappa shape index (κ1) is 14.4. The second-order valence-corrected chi connectivity index (χ2v) is 4.84. The summed E-state index contributed by atoms with van der Waals surface area (Å²) >= 11 is 6.15. The van der Waals surface area contributed by atoms with Gasteiger partial charge in [0.25, 0.3) is 5.89 Å². The summed E-state index contributed by atoms with van der Waals surface area (Å²) in [6.45, 7) is 0. The van der Waals surface area contributed by atoms with E-state index in [4.69, 9.17) is 25.5 Å². The zero-order valence-electron chi connectivity index (χ0n) is 12.0. The smallest absolute Gasteiger partial charge is 0.255 e. The monoisotopic (exact) mass is 316 g/mol. The van der Waals surface area contributed by atoms with Crippen LogP contribution in [0.4, 0.5) is 0 Å². The fourth-order valence-corrected chi connectivity index (χ4v) is 2.35. The Morgan fingerprint density at radius 3 is 2.14 bits per heavy atom. The van der Waals surface area contributed by atoms with Crippen LogP contribution in [-0.4, -0.2) is 24.4 Å². The van der Waals surface area contributed by atoms with Crippen LogP contribution in [-0.2, 0) is 0 Å². The van der Waals surface area contributed by atoms with E-state index in [9.17, 15) is 0 Å². The summed E-state index contributed by atoms with van der Waals surface area (Å²) in [5.74, 6) is 1.83. The molecular weight excluding hydrogens is 304 g/mol. The Kier molecular flexibility index (Phi) is 3.98. The summed E-state index contributed by atoms with van der Waals surface area (Å²) in [4.78, 5) is 0. The molecule has 22 heavy (non-hydrogen) atoms. The van der Waals surface area contributed by atoms with Gasteiger partial charge in [-0.15, -0.1) is 10.2 Å². The van der Waals surface area contributed by atoms with Crippen molar-refractivity contribution in [3.8, 4) is 34.4 Å². The normalized spacial score (nSPS) is 10.5. The summed E-state index contributed by atoms with van der Waals surface area (Å²) in [6, 6.07) is 12.7. The highest BCUT2D eigenvalue weighted by atomic mass is 35.5. The minimum Gasteiger partial charge on any atom is -0.496 e. The van der Waals surface area contributed by atoms with Gasteiger partial charge >= 0.3 is 0 Å². The highest BCUT2D eigenvalue weighted by Crippen LogP contribution is 2.38. The van der Waals surface area contributed by atoms with Gasteiger partial charge in [-0.2, -0.15) is 0 Å². The van der Waals surface area contributed by atoms with Crippen LogP contribution >= 0.6 is 11.6 Å². The number of rotatable bonds is 4. The largest absolute Gasteiger partial charge is 0.496 e. The highest BCUT2D eigenvalue weighted by Gasteiger charge is 2.20. The van der Waals surface area contributed by atoms with E-state index in [1.165, 1.54) is 0 Å². The van der Waals surface area contributed by atoms with Gasteiger partial charge in [0.1, 0.15) is 17.1 Å². The number of methoxy groups -OCH3 is 2. The van der Waals surface area contributed by atoms with Crippen LogP contribution in [0.25, 0.3) is 22.9 Å². The van der Waals surface area contributed by atoms with Gasteiger partial charge in [0.15, 0.2) is 0 Å². The molecule has 0 radical (unpaired) electrons. The third kappa shape index (κ3) is 2.51. The fourth-order valence-electron chi connectivity index (χ4n) is 2.13. The van der Waals surface area contributed by atoms with Crippen molar-refractivity contribution in [2.24, 2.45) is 0 Å². The van der Waals surface area contributed by atoms with Gasteiger partial charge in [-0.1, -0.05) is 29.8 Å². The van der Waals surface area contributed by atoms with Crippen molar-refractivity contribution in [3.05, 3.63) is 47.5 Å². The molecule has 1 heterocycles. The third-order valence-electron chi connectivity index (χ3n) is 3.17. The second-order valence-electron chi connectivity index (χ2n) is 4.43. The number of hydrogen-bond acceptors (Lipinski definition) is 5. The Balaban J connectivity index is 2.11. The molecule has 0 fully saturated rings. The number of ether oxygens (including phenoxy) is 2. The lowest BCUT2D eigenvalue weighted by Gasteiger charge is -2.09. The summed E-state index contributed by atoms with van der Waals surface area (Å²) in [5.41, 5.74) is 1.29. The summed E-state index contributed by atoms with van der Waals surface area (Å²) in [5, 5.41) is 8.69. The maximum Gasteiger partial charge on any atom is 0.255 e. The molecule has 3 rings (SSSR count). The van der Waals surface area contributed by atoms with Gasteiger partial charge in [0.2, 0.25) is 5.89 Å². The predicted octanol–water partition coefficient (Wildman–Crippen LogP) is 4.07. The first-order chi connectivity index (χ1) is 10.7. The fraction of sp³-hybridized carbons (Fsp3) is 0.125. The standard InChI is InChI=1S/C16H13ClN2O3/c1-20-12-8-5-9-13(21-2)14(12)16-19-18-15(22-16)10-6-3-4-7-11(10)17/h3-9H,1-2H3. The number of aromatic nitrogens is 2. The molecule has 0 aliphatic carbocycles. The van der Waals surface area contributed by atoms with Crippen LogP contribution in [0.2, 0.25) is 5.02 Å². The molecule has 0 amide bonds. The van der Waals surface area contributed by atoms with Crippen LogP contribution in [0, 0.1) is 0 Å². The van der Waals surface area contributed by atoms with Gasteiger partial charge in [-0.05, 0) is 24.3 Å². The predicted molar refractivity (Wildman–Crippen MR) is 83.3 cm³/mol. The van der Waals surface area contributed by atoms with Crippen molar-refractivity contribution in [2.75, 3.05) is 14.2 Å². The van der Waals surface area contributed by atoms with Gasteiger partial charge in [-0.25, -0.2) is 0 Å². The Bertz CT molecular complexity index is 779. The molecule has 6 heteroatoms. The topological polar surface area (TPSA) is 57.4 Å². The molecule has 1 aromatic heterocycles. The number of nitrogens with zero attached hydrogens (tertiary/aromatic N) is 2. The zero-order valence-corrected chi connectivity index (χ0v) is 12.8.